The van der Waals surface area contributed by atoms with Gasteiger partial charge in [0.05, 0.1) is 12.2 Å². The number of anilines is 1. The Kier molecular flexibility index (Phi) is 3.06. The van der Waals surface area contributed by atoms with E-state index in [4.69, 9.17) is 4.74 Å². The Morgan fingerprint density at radius 2 is 2.00 bits per heavy atom. The highest BCUT2D eigenvalue weighted by atomic mass is 16.5. The molecule has 0 saturated heterocycles. The molecule has 13 heavy (non-hydrogen) atoms. The van der Waals surface area contributed by atoms with E-state index in [1.54, 1.807) is 0 Å². The van der Waals surface area contributed by atoms with E-state index in [1.165, 1.54) is 0 Å². The predicted octanol–water partition coefficient (Wildman–Crippen LogP) is 1.53. The number of aromatic nitrogens is 2. The van der Waals surface area contributed by atoms with Gasteiger partial charge < -0.3 is 10.1 Å². The monoisotopic (exact) mass is 181 g/mol. The molecule has 0 aliphatic rings. The van der Waals surface area contributed by atoms with Crippen LogP contribution in [0.2, 0.25) is 0 Å². The summed E-state index contributed by atoms with van der Waals surface area (Å²) in [5.41, 5.74) is 0.954. The third-order valence-electron chi connectivity index (χ3n) is 1.73. The van der Waals surface area contributed by atoms with Crippen LogP contribution in [0.3, 0.4) is 0 Å². The standard InChI is InChI=1S/C9H15N3O/c1-5-13-9-6(2)8(10-4)11-7(3)12-9/h5H2,1-4H3,(H,10,11,12). The average molecular weight is 181 g/mol. The van der Waals surface area contributed by atoms with Crippen LogP contribution in [0, 0.1) is 13.8 Å². The molecule has 72 valence electrons. The van der Waals surface area contributed by atoms with E-state index >= 15 is 0 Å². The Balaban J connectivity index is 3.11. The van der Waals surface area contributed by atoms with E-state index in [2.05, 4.69) is 15.3 Å². The van der Waals surface area contributed by atoms with Crippen molar-refractivity contribution in [3.8, 4) is 5.88 Å². The van der Waals surface area contributed by atoms with Crippen molar-refractivity contribution in [2.45, 2.75) is 20.8 Å². The number of hydrogen-bond acceptors (Lipinski definition) is 4. The van der Waals surface area contributed by atoms with Crippen LogP contribution in [0.1, 0.15) is 18.3 Å². The van der Waals surface area contributed by atoms with E-state index in [-0.39, 0.29) is 0 Å². The van der Waals surface area contributed by atoms with Gasteiger partial charge in [-0.15, -0.1) is 0 Å². The van der Waals surface area contributed by atoms with E-state index < -0.39 is 0 Å². The first-order chi connectivity index (χ1) is 6.19. The molecule has 1 rings (SSSR count). The maximum absolute atomic E-state index is 5.37. The van der Waals surface area contributed by atoms with Gasteiger partial charge >= 0.3 is 0 Å². The molecule has 1 heterocycles. The van der Waals surface area contributed by atoms with Gasteiger partial charge in [0.2, 0.25) is 5.88 Å². The summed E-state index contributed by atoms with van der Waals surface area (Å²) in [6.07, 6.45) is 0. The molecule has 0 aromatic carbocycles. The van der Waals surface area contributed by atoms with Crippen molar-refractivity contribution < 1.29 is 4.74 Å². The van der Waals surface area contributed by atoms with E-state index in [0.717, 1.165) is 17.2 Å². The SMILES string of the molecule is CCOc1nc(C)nc(NC)c1C. The number of nitrogens with zero attached hydrogens (tertiary/aromatic N) is 2. The molecule has 0 saturated carbocycles. The highest BCUT2D eigenvalue weighted by Crippen LogP contribution is 2.20. The summed E-state index contributed by atoms with van der Waals surface area (Å²) in [4.78, 5) is 8.43. The molecule has 0 bridgehead atoms. The fourth-order valence-corrected chi connectivity index (χ4v) is 1.12. The summed E-state index contributed by atoms with van der Waals surface area (Å²) in [7, 11) is 1.84. The van der Waals surface area contributed by atoms with Gasteiger partial charge in [0.1, 0.15) is 11.6 Å². The highest BCUT2D eigenvalue weighted by molar-refractivity contribution is 5.47. The van der Waals surface area contributed by atoms with Crippen LogP contribution in [0.25, 0.3) is 0 Å². The molecule has 0 aliphatic heterocycles. The Morgan fingerprint density at radius 1 is 1.31 bits per heavy atom. The van der Waals surface area contributed by atoms with Gasteiger partial charge in [0, 0.05) is 7.05 Å². The first-order valence-corrected chi connectivity index (χ1v) is 4.34. The molecular formula is C9H15N3O. The van der Waals surface area contributed by atoms with Crippen molar-refractivity contribution in [3.63, 3.8) is 0 Å². The zero-order valence-corrected chi connectivity index (χ0v) is 8.51. The summed E-state index contributed by atoms with van der Waals surface area (Å²) in [6.45, 7) is 6.36. The molecule has 0 spiro atoms. The van der Waals surface area contributed by atoms with Gasteiger partial charge in [-0.1, -0.05) is 0 Å². The van der Waals surface area contributed by atoms with Gasteiger partial charge in [-0.05, 0) is 20.8 Å². The van der Waals surface area contributed by atoms with Crippen molar-refractivity contribution in [2.75, 3.05) is 19.0 Å². The van der Waals surface area contributed by atoms with Crippen molar-refractivity contribution >= 4 is 5.82 Å². The lowest BCUT2D eigenvalue weighted by Gasteiger charge is -2.10. The minimum atomic E-state index is 0.625. The van der Waals surface area contributed by atoms with Crippen molar-refractivity contribution in [1.29, 1.82) is 0 Å². The minimum Gasteiger partial charge on any atom is -0.478 e. The lowest BCUT2D eigenvalue weighted by molar-refractivity contribution is 0.323. The largest absolute Gasteiger partial charge is 0.478 e. The molecule has 0 fully saturated rings. The third-order valence-corrected chi connectivity index (χ3v) is 1.73. The fraction of sp³-hybridized carbons (Fsp3) is 0.556. The second-order valence-corrected chi connectivity index (χ2v) is 2.73. The van der Waals surface area contributed by atoms with Gasteiger partial charge in [-0.3, -0.25) is 0 Å². The molecule has 0 aliphatic carbocycles. The lowest BCUT2D eigenvalue weighted by Crippen LogP contribution is -2.04. The quantitative estimate of drug-likeness (QED) is 0.768. The van der Waals surface area contributed by atoms with Crippen LogP contribution >= 0.6 is 0 Å². The van der Waals surface area contributed by atoms with E-state index in [9.17, 15) is 0 Å². The van der Waals surface area contributed by atoms with E-state index in [1.807, 2.05) is 27.8 Å². The predicted molar refractivity (Wildman–Crippen MR) is 52.2 cm³/mol. The van der Waals surface area contributed by atoms with Crippen molar-refractivity contribution in [2.24, 2.45) is 0 Å². The molecule has 0 atom stereocenters. The summed E-state index contributed by atoms with van der Waals surface area (Å²) in [5, 5.41) is 3.00. The molecule has 1 aromatic rings. The number of hydrogen-bond donors (Lipinski definition) is 1. The zero-order valence-electron chi connectivity index (χ0n) is 8.51. The Bertz CT molecular complexity index is 299. The molecule has 0 radical (unpaired) electrons. The van der Waals surface area contributed by atoms with Gasteiger partial charge in [-0.25, -0.2) is 4.98 Å². The van der Waals surface area contributed by atoms with Crippen LogP contribution < -0.4 is 10.1 Å². The van der Waals surface area contributed by atoms with E-state index in [0.29, 0.717) is 12.5 Å². The number of rotatable bonds is 3. The van der Waals surface area contributed by atoms with Crippen LogP contribution in [-0.4, -0.2) is 23.6 Å². The Labute approximate surface area is 78.4 Å². The third kappa shape index (κ3) is 2.08. The highest BCUT2D eigenvalue weighted by Gasteiger charge is 2.07. The maximum atomic E-state index is 5.37. The van der Waals surface area contributed by atoms with Crippen LogP contribution in [0.4, 0.5) is 5.82 Å². The smallest absolute Gasteiger partial charge is 0.221 e. The summed E-state index contributed by atoms with van der Waals surface area (Å²) >= 11 is 0. The Morgan fingerprint density at radius 3 is 2.54 bits per heavy atom. The summed E-state index contributed by atoms with van der Waals surface area (Å²) in [5.74, 6) is 2.22. The first kappa shape index (κ1) is 9.77. The van der Waals surface area contributed by atoms with Gasteiger partial charge in [0.25, 0.3) is 0 Å². The number of ether oxygens (including phenoxy) is 1. The van der Waals surface area contributed by atoms with Crippen molar-refractivity contribution in [3.05, 3.63) is 11.4 Å². The topological polar surface area (TPSA) is 47.0 Å². The lowest BCUT2D eigenvalue weighted by atomic mass is 10.3. The summed E-state index contributed by atoms with van der Waals surface area (Å²) in [6, 6.07) is 0. The summed E-state index contributed by atoms with van der Waals surface area (Å²) < 4.78 is 5.37. The molecule has 4 nitrogen and oxygen atoms in total. The van der Waals surface area contributed by atoms with Gasteiger partial charge in [0.15, 0.2) is 0 Å². The zero-order chi connectivity index (χ0) is 9.84. The van der Waals surface area contributed by atoms with Crippen LogP contribution in [0.5, 0.6) is 5.88 Å². The second kappa shape index (κ2) is 4.07. The molecule has 0 unspecified atom stereocenters. The first-order valence-electron chi connectivity index (χ1n) is 4.34. The minimum absolute atomic E-state index is 0.625. The van der Waals surface area contributed by atoms with Crippen LogP contribution in [0.15, 0.2) is 0 Å². The fourth-order valence-electron chi connectivity index (χ4n) is 1.12. The average Bonchev–Trinajstić information content (AvgIpc) is 2.11. The normalized spacial score (nSPS) is 9.85. The molecular weight excluding hydrogens is 166 g/mol. The van der Waals surface area contributed by atoms with Gasteiger partial charge in [-0.2, -0.15) is 4.98 Å². The van der Waals surface area contributed by atoms with Crippen LogP contribution in [-0.2, 0) is 0 Å². The Hall–Kier alpha value is -1.32. The number of nitrogens with one attached hydrogen (secondary N) is 1. The van der Waals surface area contributed by atoms with Crippen molar-refractivity contribution in [1.82, 2.24) is 9.97 Å². The molecule has 1 aromatic heterocycles. The second-order valence-electron chi connectivity index (χ2n) is 2.73. The number of aryl methyl sites for hydroxylation is 1. The molecule has 4 heteroatoms. The molecule has 1 N–H and O–H groups in total. The molecule has 0 amide bonds. The maximum Gasteiger partial charge on any atom is 0.221 e.